The van der Waals surface area contributed by atoms with Gasteiger partial charge in [0.15, 0.2) is 11.5 Å². The second kappa shape index (κ2) is 6.70. The fraction of sp³-hybridized carbons (Fsp3) is 0.333. The lowest BCUT2D eigenvalue weighted by Crippen LogP contribution is -2.30. The van der Waals surface area contributed by atoms with Crippen LogP contribution >= 0.6 is 0 Å². The maximum atomic E-state index is 12.7. The van der Waals surface area contributed by atoms with Crippen LogP contribution in [0.1, 0.15) is 17.2 Å². The van der Waals surface area contributed by atoms with Crippen LogP contribution in [0.15, 0.2) is 36.5 Å². The van der Waals surface area contributed by atoms with Crippen LogP contribution in [-0.4, -0.2) is 30.6 Å². The zero-order valence-corrected chi connectivity index (χ0v) is 13.9. The van der Waals surface area contributed by atoms with Crippen LogP contribution in [0.4, 0.5) is 5.82 Å². The van der Waals surface area contributed by atoms with Crippen molar-refractivity contribution in [1.82, 2.24) is 15.8 Å². The first-order valence-corrected chi connectivity index (χ1v) is 8.32. The molecule has 7 heteroatoms. The van der Waals surface area contributed by atoms with E-state index in [-0.39, 0.29) is 17.9 Å². The molecule has 2 aliphatic heterocycles. The number of hydrogen-bond acceptors (Lipinski definition) is 6. The summed E-state index contributed by atoms with van der Waals surface area (Å²) in [6.07, 6.45) is 1.69. The van der Waals surface area contributed by atoms with Crippen molar-refractivity contribution in [2.24, 2.45) is 5.92 Å². The summed E-state index contributed by atoms with van der Waals surface area (Å²) in [6.45, 7) is 3.60. The van der Waals surface area contributed by atoms with Gasteiger partial charge in [-0.2, -0.15) is 0 Å². The van der Waals surface area contributed by atoms with Gasteiger partial charge in [0.05, 0.1) is 12.0 Å². The second-order valence-corrected chi connectivity index (χ2v) is 6.22. The minimum absolute atomic E-state index is 0.0736. The van der Waals surface area contributed by atoms with Gasteiger partial charge in [0.25, 0.3) is 0 Å². The smallest absolute Gasteiger partial charge is 0.231 e. The van der Waals surface area contributed by atoms with Gasteiger partial charge in [-0.1, -0.05) is 6.07 Å². The van der Waals surface area contributed by atoms with Crippen LogP contribution in [0.25, 0.3) is 0 Å². The van der Waals surface area contributed by atoms with E-state index in [1.807, 2.05) is 37.3 Å². The maximum absolute atomic E-state index is 12.7. The van der Waals surface area contributed by atoms with Gasteiger partial charge >= 0.3 is 0 Å². The van der Waals surface area contributed by atoms with E-state index < -0.39 is 0 Å². The largest absolute Gasteiger partial charge is 0.486 e. The van der Waals surface area contributed by atoms with Gasteiger partial charge < -0.3 is 14.8 Å². The van der Waals surface area contributed by atoms with Crippen LogP contribution in [0.2, 0.25) is 0 Å². The number of carbonyl (C=O) groups is 1. The number of rotatable bonds is 3. The standard InChI is InChI=1S/C18H20N4O3/c1-11-4-5-19-16(8-11)21-18(23)13-10-20-22-17(13)12-2-3-14-15(9-12)25-7-6-24-14/h2-5,8-9,13,17,20,22H,6-7,10H2,1H3,(H,19,21,23). The number of carbonyl (C=O) groups excluding carboxylic acids is 1. The number of anilines is 1. The highest BCUT2D eigenvalue weighted by Crippen LogP contribution is 2.35. The number of pyridine rings is 1. The number of ether oxygens (including phenoxy) is 2. The fourth-order valence-corrected chi connectivity index (χ4v) is 3.13. The van der Waals surface area contributed by atoms with Crippen molar-refractivity contribution in [2.45, 2.75) is 13.0 Å². The SMILES string of the molecule is Cc1ccnc(NC(=O)C2CNNC2c2ccc3c(c2)OCCO3)c1. The average molecular weight is 340 g/mol. The van der Waals surface area contributed by atoms with Gasteiger partial charge in [-0.15, -0.1) is 0 Å². The van der Waals surface area contributed by atoms with E-state index in [4.69, 9.17) is 9.47 Å². The third-order valence-corrected chi connectivity index (χ3v) is 4.41. The molecule has 2 aliphatic rings. The first-order chi connectivity index (χ1) is 12.2. The van der Waals surface area contributed by atoms with Crippen molar-refractivity contribution in [3.63, 3.8) is 0 Å². The Morgan fingerprint density at radius 1 is 1.20 bits per heavy atom. The molecule has 0 aliphatic carbocycles. The molecule has 0 radical (unpaired) electrons. The number of fused-ring (bicyclic) bond motifs is 1. The third kappa shape index (κ3) is 3.29. The molecule has 7 nitrogen and oxygen atoms in total. The Balaban J connectivity index is 1.53. The zero-order chi connectivity index (χ0) is 17.2. The molecule has 0 bridgehead atoms. The lowest BCUT2D eigenvalue weighted by Gasteiger charge is -2.22. The van der Waals surface area contributed by atoms with E-state index >= 15 is 0 Å². The van der Waals surface area contributed by atoms with Crippen molar-refractivity contribution in [1.29, 1.82) is 0 Å². The number of hydrazine groups is 1. The highest BCUT2D eigenvalue weighted by atomic mass is 16.6. The van der Waals surface area contributed by atoms with Gasteiger partial charge in [-0.3, -0.25) is 10.2 Å². The quantitative estimate of drug-likeness (QED) is 0.786. The van der Waals surface area contributed by atoms with Crippen LogP contribution in [0.5, 0.6) is 11.5 Å². The Labute approximate surface area is 145 Å². The molecule has 1 amide bonds. The van der Waals surface area contributed by atoms with Gasteiger partial charge in [-0.25, -0.2) is 10.4 Å². The summed E-state index contributed by atoms with van der Waals surface area (Å²) in [5, 5.41) is 2.90. The molecule has 1 aromatic heterocycles. The fourth-order valence-electron chi connectivity index (χ4n) is 3.13. The van der Waals surface area contributed by atoms with Gasteiger partial charge in [0, 0.05) is 12.7 Å². The summed E-state index contributed by atoms with van der Waals surface area (Å²) >= 11 is 0. The molecule has 0 saturated carbocycles. The number of hydrogen-bond donors (Lipinski definition) is 3. The summed E-state index contributed by atoms with van der Waals surface area (Å²) in [4.78, 5) is 16.9. The molecule has 130 valence electrons. The molecule has 1 fully saturated rings. The van der Waals surface area contributed by atoms with Gasteiger partial charge in [0.1, 0.15) is 19.0 Å². The summed E-state index contributed by atoms with van der Waals surface area (Å²) in [6, 6.07) is 9.38. The summed E-state index contributed by atoms with van der Waals surface area (Å²) < 4.78 is 11.2. The van der Waals surface area contributed by atoms with Crippen molar-refractivity contribution >= 4 is 11.7 Å². The first kappa shape index (κ1) is 15.9. The molecule has 2 atom stereocenters. The van der Waals surface area contributed by atoms with Crippen LogP contribution in [0, 0.1) is 12.8 Å². The van der Waals surface area contributed by atoms with Crippen molar-refractivity contribution in [3.8, 4) is 11.5 Å². The minimum atomic E-state index is -0.259. The van der Waals surface area contributed by atoms with Gasteiger partial charge in [0.2, 0.25) is 5.91 Å². The topological polar surface area (TPSA) is 84.5 Å². The number of aryl methyl sites for hydroxylation is 1. The Bertz CT molecular complexity index is 796. The molecule has 1 aromatic carbocycles. The van der Waals surface area contributed by atoms with E-state index in [9.17, 15) is 4.79 Å². The molecular weight excluding hydrogens is 320 g/mol. The van der Waals surface area contributed by atoms with E-state index in [0.29, 0.717) is 25.6 Å². The lowest BCUT2D eigenvalue weighted by atomic mass is 9.94. The van der Waals surface area contributed by atoms with Crippen molar-refractivity contribution < 1.29 is 14.3 Å². The highest BCUT2D eigenvalue weighted by Gasteiger charge is 2.34. The molecule has 2 aromatic rings. The Morgan fingerprint density at radius 2 is 2.04 bits per heavy atom. The zero-order valence-electron chi connectivity index (χ0n) is 13.9. The number of nitrogens with one attached hydrogen (secondary N) is 3. The molecule has 3 heterocycles. The maximum Gasteiger partial charge on any atom is 0.231 e. The molecule has 0 spiro atoms. The molecule has 3 N–H and O–H groups in total. The first-order valence-electron chi connectivity index (χ1n) is 8.32. The summed E-state index contributed by atoms with van der Waals surface area (Å²) in [5.41, 5.74) is 8.29. The summed E-state index contributed by atoms with van der Waals surface area (Å²) in [7, 11) is 0. The van der Waals surface area contributed by atoms with E-state index in [0.717, 1.165) is 22.6 Å². The van der Waals surface area contributed by atoms with E-state index in [2.05, 4.69) is 21.2 Å². The normalized spacial score (nSPS) is 21.8. The van der Waals surface area contributed by atoms with Crippen molar-refractivity contribution in [2.75, 3.05) is 25.1 Å². The van der Waals surface area contributed by atoms with Crippen LogP contribution < -0.4 is 25.6 Å². The van der Waals surface area contributed by atoms with Gasteiger partial charge in [-0.05, 0) is 42.3 Å². The second-order valence-electron chi connectivity index (χ2n) is 6.22. The summed E-state index contributed by atoms with van der Waals surface area (Å²) in [5.74, 6) is 1.70. The molecule has 4 rings (SSSR count). The molecular formula is C18H20N4O3. The highest BCUT2D eigenvalue weighted by molar-refractivity contribution is 5.92. The number of aromatic nitrogens is 1. The molecule has 1 saturated heterocycles. The predicted molar refractivity (Wildman–Crippen MR) is 92.4 cm³/mol. The predicted octanol–water partition coefficient (Wildman–Crippen LogP) is 1.57. The number of benzene rings is 1. The van der Waals surface area contributed by atoms with E-state index in [1.54, 1.807) is 6.20 Å². The minimum Gasteiger partial charge on any atom is -0.486 e. The Morgan fingerprint density at radius 3 is 2.88 bits per heavy atom. The number of nitrogens with zero attached hydrogens (tertiary/aromatic N) is 1. The molecule has 2 unspecified atom stereocenters. The van der Waals surface area contributed by atoms with Crippen LogP contribution in [-0.2, 0) is 4.79 Å². The number of amides is 1. The Kier molecular flexibility index (Phi) is 4.25. The Hall–Kier alpha value is -2.64. The van der Waals surface area contributed by atoms with Crippen LogP contribution in [0.3, 0.4) is 0 Å². The van der Waals surface area contributed by atoms with Crippen molar-refractivity contribution in [3.05, 3.63) is 47.7 Å². The average Bonchev–Trinajstić information content (AvgIpc) is 3.11. The molecule has 25 heavy (non-hydrogen) atoms. The lowest BCUT2D eigenvalue weighted by molar-refractivity contribution is -0.119. The third-order valence-electron chi connectivity index (χ3n) is 4.41. The monoisotopic (exact) mass is 340 g/mol. The van der Waals surface area contributed by atoms with E-state index in [1.165, 1.54) is 0 Å².